The van der Waals surface area contributed by atoms with Gasteiger partial charge in [-0.15, -0.1) is 0 Å². The number of benzene rings is 6. The van der Waals surface area contributed by atoms with Gasteiger partial charge in [-0.3, -0.25) is 0 Å². The van der Waals surface area contributed by atoms with Crippen molar-refractivity contribution in [2.24, 2.45) is 0 Å². The van der Waals surface area contributed by atoms with Gasteiger partial charge in [-0.1, -0.05) is 118 Å². The zero-order valence-corrected chi connectivity index (χ0v) is 29.9. The van der Waals surface area contributed by atoms with E-state index in [1.54, 1.807) is 0 Å². The Morgan fingerprint density at radius 3 is 2.29 bits per heavy atom. The SMILES string of the molecule is Cc1cc(-c2ccccc2Nc2ccc3c(c2)C(C)(C)CCC3(C)C)c2c3c1c1ccccc1n3-c1cc3oc(-c4ccccc4)cc3cc1[B]2. The molecule has 0 bridgehead atoms. The van der Waals surface area contributed by atoms with Gasteiger partial charge >= 0.3 is 0 Å². The van der Waals surface area contributed by atoms with E-state index < -0.39 is 0 Å². The molecule has 0 amide bonds. The molecule has 6 aromatic carbocycles. The molecule has 3 heterocycles. The number of furan rings is 1. The predicted octanol–water partition coefficient (Wildman–Crippen LogP) is 11.2. The highest BCUT2D eigenvalue weighted by Crippen LogP contribution is 2.47. The van der Waals surface area contributed by atoms with Crippen LogP contribution in [0.2, 0.25) is 0 Å². The molecule has 0 atom stereocenters. The molecular weight excluding hydrogens is 619 g/mol. The normalized spacial score (nSPS) is 15.5. The quantitative estimate of drug-likeness (QED) is 0.191. The van der Waals surface area contributed by atoms with Crippen LogP contribution in [-0.4, -0.2) is 11.8 Å². The van der Waals surface area contributed by atoms with Gasteiger partial charge in [0.05, 0.1) is 5.52 Å². The van der Waals surface area contributed by atoms with Gasteiger partial charge in [0.1, 0.15) is 11.3 Å². The molecule has 2 aromatic heterocycles. The van der Waals surface area contributed by atoms with Crippen molar-refractivity contribution in [3.8, 4) is 28.1 Å². The summed E-state index contributed by atoms with van der Waals surface area (Å²) in [4.78, 5) is 0. The molecule has 10 rings (SSSR count). The monoisotopic (exact) mass is 659 g/mol. The topological polar surface area (TPSA) is 30.1 Å². The minimum Gasteiger partial charge on any atom is -0.456 e. The van der Waals surface area contributed by atoms with Crippen LogP contribution in [0.3, 0.4) is 0 Å². The van der Waals surface area contributed by atoms with E-state index in [-0.39, 0.29) is 10.8 Å². The van der Waals surface area contributed by atoms with Crippen molar-refractivity contribution in [1.82, 2.24) is 4.57 Å². The molecule has 1 aliphatic heterocycles. The van der Waals surface area contributed by atoms with E-state index in [1.807, 2.05) is 6.07 Å². The Morgan fingerprint density at radius 1 is 0.706 bits per heavy atom. The Balaban J connectivity index is 1.16. The van der Waals surface area contributed by atoms with Crippen LogP contribution in [0.15, 0.2) is 126 Å². The largest absolute Gasteiger partial charge is 0.456 e. The van der Waals surface area contributed by atoms with E-state index >= 15 is 0 Å². The highest BCUT2D eigenvalue weighted by molar-refractivity contribution is 6.73. The summed E-state index contributed by atoms with van der Waals surface area (Å²) >= 11 is 0. The van der Waals surface area contributed by atoms with Crippen molar-refractivity contribution in [1.29, 1.82) is 0 Å². The molecule has 51 heavy (non-hydrogen) atoms. The maximum Gasteiger partial charge on any atom is 0.197 e. The summed E-state index contributed by atoms with van der Waals surface area (Å²) in [5.41, 5.74) is 17.2. The molecular formula is C47H40BN2O. The van der Waals surface area contributed by atoms with Gasteiger partial charge in [-0.2, -0.15) is 0 Å². The van der Waals surface area contributed by atoms with Crippen LogP contribution in [0.25, 0.3) is 60.9 Å². The van der Waals surface area contributed by atoms with Gasteiger partial charge in [0.25, 0.3) is 0 Å². The summed E-state index contributed by atoms with van der Waals surface area (Å²) in [6, 6.07) is 44.2. The first-order valence-corrected chi connectivity index (χ1v) is 18.2. The number of para-hydroxylation sites is 2. The van der Waals surface area contributed by atoms with Crippen LogP contribution in [0.1, 0.15) is 57.2 Å². The minimum absolute atomic E-state index is 0.145. The number of nitrogens with zero attached hydrogens (tertiary/aromatic N) is 1. The summed E-state index contributed by atoms with van der Waals surface area (Å²) < 4.78 is 8.98. The second kappa shape index (κ2) is 10.8. The average Bonchev–Trinajstić information content (AvgIpc) is 3.72. The van der Waals surface area contributed by atoms with Crippen molar-refractivity contribution in [3.05, 3.63) is 138 Å². The lowest BCUT2D eigenvalue weighted by molar-refractivity contribution is 0.332. The highest BCUT2D eigenvalue weighted by Gasteiger charge is 2.37. The summed E-state index contributed by atoms with van der Waals surface area (Å²) in [5.74, 6) is 0.888. The first-order valence-electron chi connectivity index (χ1n) is 18.2. The molecule has 1 aliphatic carbocycles. The number of hydrogen-bond acceptors (Lipinski definition) is 2. The minimum atomic E-state index is 0.145. The molecule has 2 aliphatic rings. The van der Waals surface area contributed by atoms with E-state index in [1.165, 1.54) is 73.4 Å². The lowest BCUT2D eigenvalue weighted by Gasteiger charge is -2.42. The number of hydrogen-bond donors (Lipinski definition) is 1. The predicted molar refractivity (Wildman–Crippen MR) is 216 cm³/mol. The molecule has 8 aromatic rings. The third-order valence-corrected chi connectivity index (χ3v) is 11.8. The molecule has 4 heteroatoms. The molecule has 0 saturated carbocycles. The lowest BCUT2D eigenvalue weighted by Crippen LogP contribution is -2.37. The zero-order chi connectivity index (χ0) is 34.6. The zero-order valence-electron chi connectivity index (χ0n) is 29.9. The van der Waals surface area contributed by atoms with E-state index in [0.717, 1.165) is 39.4 Å². The van der Waals surface area contributed by atoms with Crippen LogP contribution in [0.4, 0.5) is 11.4 Å². The van der Waals surface area contributed by atoms with Crippen LogP contribution in [0.5, 0.6) is 0 Å². The van der Waals surface area contributed by atoms with Gasteiger partial charge in [0.2, 0.25) is 0 Å². The maximum absolute atomic E-state index is 6.51. The van der Waals surface area contributed by atoms with Crippen LogP contribution >= 0.6 is 0 Å². The summed E-state index contributed by atoms with van der Waals surface area (Å²) in [5, 5.41) is 7.58. The van der Waals surface area contributed by atoms with Crippen LogP contribution in [0, 0.1) is 6.92 Å². The lowest BCUT2D eigenvalue weighted by atomic mass is 9.58. The molecule has 0 unspecified atom stereocenters. The highest BCUT2D eigenvalue weighted by atomic mass is 16.3. The van der Waals surface area contributed by atoms with Crippen molar-refractivity contribution in [3.63, 3.8) is 0 Å². The van der Waals surface area contributed by atoms with Crippen LogP contribution in [-0.2, 0) is 10.8 Å². The summed E-state index contributed by atoms with van der Waals surface area (Å²) in [6.07, 6.45) is 2.41. The van der Waals surface area contributed by atoms with Gasteiger partial charge < -0.3 is 14.3 Å². The fraction of sp³-hybridized carbons (Fsp3) is 0.191. The van der Waals surface area contributed by atoms with Crippen molar-refractivity contribution >= 4 is 62.4 Å². The van der Waals surface area contributed by atoms with E-state index in [2.05, 4.69) is 167 Å². The van der Waals surface area contributed by atoms with Gasteiger partial charge in [0.15, 0.2) is 7.28 Å². The molecule has 0 saturated heterocycles. The summed E-state index contributed by atoms with van der Waals surface area (Å²) in [7, 11) is 2.40. The third kappa shape index (κ3) is 4.58. The number of fused-ring (bicyclic) bond motifs is 7. The summed E-state index contributed by atoms with van der Waals surface area (Å²) in [6.45, 7) is 11.8. The van der Waals surface area contributed by atoms with E-state index in [9.17, 15) is 0 Å². The second-order valence-corrected chi connectivity index (χ2v) is 16.0. The number of anilines is 2. The van der Waals surface area contributed by atoms with Crippen molar-refractivity contribution in [2.45, 2.75) is 58.3 Å². The van der Waals surface area contributed by atoms with Gasteiger partial charge in [0, 0.05) is 55.9 Å². The smallest absolute Gasteiger partial charge is 0.197 e. The fourth-order valence-corrected chi connectivity index (χ4v) is 8.96. The molecule has 0 spiro atoms. The first kappa shape index (κ1) is 30.4. The second-order valence-electron chi connectivity index (χ2n) is 16.0. The molecule has 3 nitrogen and oxygen atoms in total. The van der Waals surface area contributed by atoms with Gasteiger partial charge in [-0.05, 0) is 88.6 Å². The Morgan fingerprint density at radius 2 is 1.45 bits per heavy atom. The Bertz CT molecular complexity index is 2710. The molecule has 1 N–H and O–H groups in total. The first-order chi connectivity index (χ1) is 24.7. The van der Waals surface area contributed by atoms with Crippen molar-refractivity contribution < 1.29 is 4.42 Å². The Labute approximate surface area is 300 Å². The Hall–Kier alpha value is -5.48. The van der Waals surface area contributed by atoms with E-state index in [4.69, 9.17) is 4.42 Å². The number of rotatable bonds is 4. The number of nitrogens with one attached hydrogen (secondary N) is 1. The third-order valence-electron chi connectivity index (χ3n) is 11.8. The maximum atomic E-state index is 6.51. The van der Waals surface area contributed by atoms with Crippen molar-refractivity contribution in [2.75, 3.05) is 5.32 Å². The standard InChI is InChI=1S/C47H40BN2O/c1-28-23-34(32-15-9-11-17-38(32)49-31-19-20-35-36(26-31)47(4,5)22-21-46(35,2)3)44-45-43(28)33-16-10-12-18-39(33)50(45)40-27-42-30(24-37(40)48-44)25-41(51-42)29-13-7-6-8-14-29/h6-20,23-27,49H,21-22H2,1-5H3. The Kier molecular flexibility index (Phi) is 6.41. The average molecular weight is 660 g/mol. The fourth-order valence-electron chi connectivity index (χ4n) is 8.96. The molecule has 1 radical (unpaired) electrons. The molecule has 0 fully saturated rings. The number of aromatic nitrogens is 1. The molecule has 247 valence electrons. The van der Waals surface area contributed by atoms with Crippen LogP contribution < -0.4 is 16.2 Å². The van der Waals surface area contributed by atoms with E-state index in [0.29, 0.717) is 0 Å². The van der Waals surface area contributed by atoms with Gasteiger partial charge in [-0.25, -0.2) is 0 Å². The number of aryl methyl sites for hydroxylation is 1.